The van der Waals surface area contributed by atoms with Crippen molar-refractivity contribution in [1.29, 1.82) is 0 Å². The van der Waals surface area contributed by atoms with Crippen LogP contribution in [-0.4, -0.2) is 18.4 Å². The fourth-order valence-electron chi connectivity index (χ4n) is 1.87. The highest BCUT2D eigenvalue weighted by Crippen LogP contribution is 2.36. The van der Waals surface area contributed by atoms with Crippen LogP contribution in [0.5, 0.6) is 0 Å². The van der Waals surface area contributed by atoms with E-state index in [9.17, 15) is 35.9 Å². The van der Waals surface area contributed by atoms with Crippen LogP contribution >= 0.6 is 0 Å². The zero-order valence-corrected chi connectivity index (χ0v) is 12.7. The number of hydrogen-bond donors (Lipinski definition) is 0. The van der Waals surface area contributed by atoms with Crippen LogP contribution in [0.4, 0.5) is 26.3 Å². The van der Waals surface area contributed by atoms with Crippen molar-refractivity contribution in [2.24, 2.45) is 5.92 Å². The molecule has 9 heteroatoms. The Bertz CT molecular complexity index is 586. The minimum atomic E-state index is -4.99. The average molecular weight is 356 g/mol. The highest BCUT2D eigenvalue weighted by Gasteiger charge is 2.37. The van der Waals surface area contributed by atoms with Gasteiger partial charge in [-0.1, -0.05) is 0 Å². The third-order valence-corrected chi connectivity index (χ3v) is 3.15. The van der Waals surface area contributed by atoms with Crippen LogP contribution in [0, 0.1) is 5.92 Å². The molecule has 0 bridgehead atoms. The zero-order valence-electron chi connectivity index (χ0n) is 12.7. The molecule has 0 fully saturated rings. The number of halogens is 6. The topological polar surface area (TPSA) is 43.4 Å². The van der Waals surface area contributed by atoms with E-state index in [0.717, 1.165) is 0 Å². The molecule has 0 aromatic heterocycles. The summed E-state index contributed by atoms with van der Waals surface area (Å²) in [4.78, 5) is 23.3. The maximum absolute atomic E-state index is 12.7. The summed E-state index contributed by atoms with van der Waals surface area (Å²) in [6.07, 6.45) is -10.7. The van der Waals surface area contributed by atoms with Crippen LogP contribution in [0.1, 0.15) is 30.5 Å². The minimum Gasteiger partial charge on any atom is -0.465 e. The van der Waals surface area contributed by atoms with E-state index in [1.165, 1.54) is 13.8 Å². The average Bonchev–Trinajstić information content (AvgIpc) is 2.44. The molecular weight excluding hydrogens is 342 g/mol. The summed E-state index contributed by atoms with van der Waals surface area (Å²) in [5.74, 6) is -3.00. The van der Waals surface area contributed by atoms with Gasteiger partial charge in [-0.15, -0.1) is 0 Å². The molecular formula is C15H14F6O3. The Hall–Kier alpha value is -2.06. The number of ketones is 1. The quantitative estimate of drug-likeness (QED) is 0.454. The van der Waals surface area contributed by atoms with E-state index in [-0.39, 0.29) is 12.7 Å². The first kappa shape index (κ1) is 20.0. The molecule has 0 aliphatic carbocycles. The molecule has 1 aromatic carbocycles. The van der Waals surface area contributed by atoms with Gasteiger partial charge in [0.25, 0.3) is 0 Å². The number of benzene rings is 1. The van der Waals surface area contributed by atoms with Gasteiger partial charge in [0, 0.05) is 6.42 Å². The molecule has 0 radical (unpaired) electrons. The summed E-state index contributed by atoms with van der Waals surface area (Å²) in [6, 6.07) is 0.902. The minimum absolute atomic E-state index is 0.00175. The van der Waals surface area contributed by atoms with E-state index >= 15 is 0 Å². The molecule has 1 rings (SSSR count). The second-order valence-electron chi connectivity index (χ2n) is 5.03. The molecule has 0 heterocycles. The predicted octanol–water partition coefficient (Wildman–Crippen LogP) is 4.04. The lowest BCUT2D eigenvalue weighted by atomic mass is 9.96. The normalized spacial score (nSPS) is 13.5. The zero-order chi connectivity index (χ0) is 18.7. The highest BCUT2D eigenvalue weighted by atomic mass is 19.4. The van der Waals surface area contributed by atoms with Gasteiger partial charge >= 0.3 is 18.3 Å². The lowest BCUT2D eigenvalue weighted by molar-refractivity contribution is -0.151. The van der Waals surface area contributed by atoms with E-state index < -0.39 is 53.1 Å². The van der Waals surface area contributed by atoms with Crippen molar-refractivity contribution in [1.82, 2.24) is 0 Å². The van der Waals surface area contributed by atoms with Crippen molar-refractivity contribution in [2.75, 3.05) is 6.61 Å². The standard InChI is InChI=1S/C15H14F6O3/c1-3-24-13(23)8(2)12(22)6-9-4-10(14(16,17)18)7-11(5-9)15(19,20)21/h4-5,7-8H,3,6H2,1-2H3. The molecule has 0 spiro atoms. The first-order valence-corrected chi connectivity index (χ1v) is 6.84. The van der Waals surface area contributed by atoms with Crippen molar-refractivity contribution in [3.8, 4) is 0 Å². The fourth-order valence-corrected chi connectivity index (χ4v) is 1.87. The predicted molar refractivity (Wildman–Crippen MR) is 71.0 cm³/mol. The summed E-state index contributed by atoms with van der Waals surface area (Å²) < 4.78 is 81.0. The maximum atomic E-state index is 12.7. The molecule has 0 amide bonds. The third kappa shape index (κ3) is 5.24. The second-order valence-corrected chi connectivity index (χ2v) is 5.03. The van der Waals surface area contributed by atoms with Crippen molar-refractivity contribution in [3.05, 3.63) is 34.9 Å². The van der Waals surface area contributed by atoms with Gasteiger partial charge in [0.1, 0.15) is 5.92 Å². The molecule has 0 aliphatic rings. The molecule has 1 atom stereocenters. The Morgan fingerprint density at radius 1 is 1.00 bits per heavy atom. The highest BCUT2D eigenvalue weighted by molar-refractivity contribution is 5.99. The molecule has 1 unspecified atom stereocenters. The van der Waals surface area contributed by atoms with E-state index in [1.807, 2.05) is 0 Å². The Morgan fingerprint density at radius 2 is 1.46 bits per heavy atom. The van der Waals surface area contributed by atoms with Crippen LogP contribution in [0.15, 0.2) is 18.2 Å². The first-order chi connectivity index (χ1) is 10.9. The van der Waals surface area contributed by atoms with Gasteiger partial charge in [-0.25, -0.2) is 0 Å². The first-order valence-electron chi connectivity index (χ1n) is 6.84. The van der Waals surface area contributed by atoms with Crippen LogP contribution in [0.25, 0.3) is 0 Å². The largest absolute Gasteiger partial charge is 0.465 e. The second kappa shape index (κ2) is 7.23. The molecule has 0 aliphatic heterocycles. The van der Waals surface area contributed by atoms with Gasteiger partial charge < -0.3 is 4.74 Å². The van der Waals surface area contributed by atoms with Crippen LogP contribution < -0.4 is 0 Å². The molecule has 3 nitrogen and oxygen atoms in total. The number of alkyl halides is 6. The van der Waals surface area contributed by atoms with Gasteiger partial charge in [0.15, 0.2) is 5.78 Å². The van der Waals surface area contributed by atoms with E-state index in [1.54, 1.807) is 0 Å². The molecule has 0 N–H and O–H groups in total. The van der Waals surface area contributed by atoms with Crippen molar-refractivity contribution in [2.45, 2.75) is 32.6 Å². The monoisotopic (exact) mass is 356 g/mol. The van der Waals surface area contributed by atoms with Gasteiger partial charge in [-0.2, -0.15) is 26.3 Å². The summed E-state index contributed by atoms with van der Waals surface area (Å²) in [5, 5.41) is 0. The van der Waals surface area contributed by atoms with E-state index in [2.05, 4.69) is 4.74 Å². The Kier molecular flexibility index (Phi) is 6.02. The third-order valence-electron chi connectivity index (χ3n) is 3.15. The van der Waals surface area contributed by atoms with Crippen LogP contribution in [-0.2, 0) is 33.1 Å². The van der Waals surface area contributed by atoms with Gasteiger partial charge in [-0.3, -0.25) is 9.59 Å². The van der Waals surface area contributed by atoms with Crippen molar-refractivity contribution in [3.63, 3.8) is 0 Å². The summed E-state index contributed by atoms with van der Waals surface area (Å²) in [5.41, 5.74) is -3.49. The van der Waals surface area contributed by atoms with Crippen molar-refractivity contribution < 1.29 is 40.7 Å². The number of rotatable bonds is 5. The number of hydrogen-bond acceptors (Lipinski definition) is 3. The maximum Gasteiger partial charge on any atom is 0.416 e. The number of carbonyl (C=O) groups excluding carboxylic acids is 2. The van der Waals surface area contributed by atoms with Gasteiger partial charge in [-0.05, 0) is 37.6 Å². The number of ether oxygens (including phenoxy) is 1. The lowest BCUT2D eigenvalue weighted by Gasteiger charge is -2.15. The number of carbonyl (C=O) groups is 2. The molecule has 1 aromatic rings. The summed E-state index contributed by atoms with van der Waals surface area (Å²) >= 11 is 0. The van der Waals surface area contributed by atoms with E-state index in [4.69, 9.17) is 0 Å². The SMILES string of the molecule is CCOC(=O)C(C)C(=O)Cc1cc(C(F)(F)F)cc(C(F)(F)F)c1. The van der Waals surface area contributed by atoms with E-state index in [0.29, 0.717) is 12.1 Å². The smallest absolute Gasteiger partial charge is 0.416 e. The fraction of sp³-hybridized carbons (Fsp3) is 0.467. The summed E-state index contributed by atoms with van der Waals surface area (Å²) in [7, 11) is 0. The van der Waals surface area contributed by atoms with Gasteiger partial charge in [0.05, 0.1) is 17.7 Å². The molecule has 0 saturated heterocycles. The van der Waals surface area contributed by atoms with Crippen LogP contribution in [0.2, 0.25) is 0 Å². The molecule has 134 valence electrons. The molecule has 0 saturated carbocycles. The Morgan fingerprint density at radius 3 is 1.83 bits per heavy atom. The van der Waals surface area contributed by atoms with Crippen molar-refractivity contribution >= 4 is 11.8 Å². The van der Waals surface area contributed by atoms with Gasteiger partial charge in [0.2, 0.25) is 0 Å². The van der Waals surface area contributed by atoms with Crippen LogP contribution in [0.3, 0.4) is 0 Å². The Balaban J connectivity index is 3.15. The Labute approximate surface area is 133 Å². The lowest BCUT2D eigenvalue weighted by Crippen LogP contribution is -2.25. The summed E-state index contributed by atoms with van der Waals surface area (Å²) in [6.45, 7) is 2.67. The molecule has 24 heavy (non-hydrogen) atoms. The number of esters is 1. The number of Topliss-reactive ketones (excluding diaryl/α,β-unsaturated/α-hetero) is 1.